The predicted molar refractivity (Wildman–Crippen MR) is 146 cm³/mol. The van der Waals surface area contributed by atoms with Crippen LogP contribution in [0.1, 0.15) is 11.1 Å². The molecule has 32 heavy (non-hydrogen) atoms. The zero-order chi connectivity index (χ0) is 23.2. The standard InChI is InChI=1S/C28H32N2Si2/c1-31(2,3)21-19-23-7-11-25(12-8-23)29-27-15-17-28(18-16-27)30-26-13-9-24(10-14-26)20-22-32(4,5)6/h7-18,29-30H,1-6H3. The van der Waals surface area contributed by atoms with E-state index in [1.165, 1.54) is 0 Å². The van der Waals surface area contributed by atoms with Crippen LogP contribution in [0.3, 0.4) is 0 Å². The van der Waals surface area contributed by atoms with E-state index in [4.69, 9.17) is 0 Å². The van der Waals surface area contributed by atoms with E-state index in [1.807, 2.05) is 0 Å². The Morgan fingerprint density at radius 1 is 0.438 bits per heavy atom. The zero-order valence-corrected chi connectivity index (χ0v) is 21.9. The van der Waals surface area contributed by atoms with Gasteiger partial charge in [0.25, 0.3) is 0 Å². The average Bonchev–Trinajstić information content (AvgIpc) is 2.73. The number of anilines is 4. The van der Waals surface area contributed by atoms with Crippen molar-refractivity contribution in [1.82, 2.24) is 0 Å². The fourth-order valence-electron chi connectivity index (χ4n) is 2.76. The van der Waals surface area contributed by atoms with Crippen molar-refractivity contribution in [1.29, 1.82) is 0 Å². The van der Waals surface area contributed by atoms with Crippen molar-refractivity contribution in [3.05, 3.63) is 83.9 Å². The molecule has 0 aliphatic rings. The van der Waals surface area contributed by atoms with E-state index in [-0.39, 0.29) is 0 Å². The lowest BCUT2D eigenvalue weighted by atomic mass is 10.2. The first-order valence-electron chi connectivity index (χ1n) is 11.0. The molecule has 0 aromatic heterocycles. The van der Waals surface area contributed by atoms with Crippen LogP contribution in [0.2, 0.25) is 39.3 Å². The maximum Gasteiger partial charge on any atom is 0.129 e. The Kier molecular flexibility index (Phi) is 7.31. The van der Waals surface area contributed by atoms with E-state index < -0.39 is 16.1 Å². The Balaban J connectivity index is 1.59. The summed E-state index contributed by atoms with van der Waals surface area (Å²) in [6, 6.07) is 24.9. The van der Waals surface area contributed by atoms with Crippen molar-refractivity contribution in [2.45, 2.75) is 39.3 Å². The van der Waals surface area contributed by atoms with Crippen molar-refractivity contribution in [3.8, 4) is 22.9 Å². The summed E-state index contributed by atoms with van der Waals surface area (Å²) < 4.78 is 0. The topological polar surface area (TPSA) is 24.1 Å². The van der Waals surface area contributed by atoms with E-state index >= 15 is 0 Å². The number of nitrogens with one attached hydrogen (secondary N) is 2. The van der Waals surface area contributed by atoms with Crippen LogP contribution in [0.25, 0.3) is 0 Å². The van der Waals surface area contributed by atoms with Crippen LogP contribution in [-0.4, -0.2) is 16.1 Å². The van der Waals surface area contributed by atoms with E-state index in [0.717, 1.165) is 33.9 Å². The molecular weight excluding hydrogens is 420 g/mol. The summed E-state index contributed by atoms with van der Waals surface area (Å²) in [6.45, 7) is 13.5. The first kappa shape index (κ1) is 23.5. The highest BCUT2D eigenvalue weighted by Gasteiger charge is 2.08. The molecule has 0 unspecified atom stereocenters. The molecule has 0 radical (unpaired) electrons. The fourth-order valence-corrected chi connectivity index (χ4v) is 3.80. The van der Waals surface area contributed by atoms with Gasteiger partial charge in [-0.25, -0.2) is 0 Å². The Labute approximate surface area is 195 Å². The molecule has 0 bridgehead atoms. The van der Waals surface area contributed by atoms with Gasteiger partial charge in [0.05, 0.1) is 0 Å². The average molecular weight is 453 g/mol. The summed E-state index contributed by atoms with van der Waals surface area (Å²) in [7, 11) is -2.70. The normalized spacial score (nSPS) is 10.9. The van der Waals surface area contributed by atoms with Crippen LogP contribution >= 0.6 is 0 Å². The third kappa shape index (κ3) is 8.15. The van der Waals surface area contributed by atoms with Crippen LogP contribution in [0.4, 0.5) is 22.7 Å². The third-order valence-corrected chi connectivity index (χ3v) is 6.15. The van der Waals surface area contributed by atoms with Crippen LogP contribution in [-0.2, 0) is 0 Å². The third-order valence-electron chi connectivity index (χ3n) is 4.40. The number of hydrogen-bond acceptors (Lipinski definition) is 2. The molecule has 0 saturated heterocycles. The van der Waals surface area contributed by atoms with Crippen molar-refractivity contribution >= 4 is 38.9 Å². The summed E-state index contributed by atoms with van der Waals surface area (Å²) in [5.74, 6) is 6.59. The second-order valence-electron chi connectivity index (χ2n) is 9.98. The SMILES string of the molecule is C[Si](C)(C)C#Cc1ccc(Nc2ccc(Nc3ccc(C#C[Si](C)(C)C)cc3)cc2)cc1. The van der Waals surface area contributed by atoms with Gasteiger partial charge < -0.3 is 10.6 Å². The molecule has 3 aromatic carbocycles. The minimum Gasteiger partial charge on any atom is -0.356 e. The maximum atomic E-state index is 3.45. The molecule has 0 atom stereocenters. The van der Waals surface area contributed by atoms with Crippen LogP contribution in [0.15, 0.2) is 72.8 Å². The second kappa shape index (κ2) is 9.96. The molecule has 3 aromatic rings. The van der Waals surface area contributed by atoms with Crippen molar-refractivity contribution < 1.29 is 0 Å². The fraction of sp³-hybridized carbons (Fsp3) is 0.214. The van der Waals surface area contributed by atoms with Gasteiger partial charge in [0.1, 0.15) is 16.1 Å². The molecule has 0 fully saturated rings. The van der Waals surface area contributed by atoms with Gasteiger partial charge in [0, 0.05) is 33.9 Å². The highest BCUT2D eigenvalue weighted by atomic mass is 28.3. The molecular formula is C28H32N2Si2. The van der Waals surface area contributed by atoms with Crippen LogP contribution in [0, 0.1) is 22.9 Å². The molecule has 4 heteroatoms. The minimum absolute atomic E-state index is 1.05. The van der Waals surface area contributed by atoms with E-state index in [0.29, 0.717) is 0 Å². The molecule has 0 spiro atoms. The summed E-state index contributed by atoms with van der Waals surface area (Å²) in [5, 5.41) is 6.90. The number of benzene rings is 3. The molecule has 2 N–H and O–H groups in total. The molecule has 0 aliphatic heterocycles. The van der Waals surface area contributed by atoms with Gasteiger partial charge in [0.2, 0.25) is 0 Å². The smallest absolute Gasteiger partial charge is 0.129 e. The summed E-state index contributed by atoms with van der Waals surface area (Å²) in [6.07, 6.45) is 0. The van der Waals surface area contributed by atoms with Gasteiger partial charge in [-0.05, 0) is 72.8 Å². The number of rotatable bonds is 4. The van der Waals surface area contributed by atoms with E-state index in [2.05, 4.69) is 146 Å². The zero-order valence-electron chi connectivity index (χ0n) is 19.9. The number of hydrogen-bond donors (Lipinski definition) is 2. The Morgan fingerprint density at radius 3 is 0.938 bits per heavy atom. The van der Waals surface area contributed by atoms with Gasteiger partial charge in [-0.2, -0.15) is 0 Å². The van der Waals surface area contributed by atoms with Gasteiger partial charge >= 0.3 is 0 Å². The van der Waals surface area contributed by atoms with Crippen LogP contribution < -0.4 is 10.6 Å². The summed E-state index contributed by atoms with van der Waals surface area (Å²) in [4.78, 5) is 0. The lowest BCUT2D eigenvalue weighted by Crippen LogP contribution is -2.16. The van der Waals surface area contributed by atoms with Gasteiger partial charge in [-0.3, -0.25) is 0 Å². The molecule has 0 aliphatic carbocycles. The van der Waals surface area contributed by atoms with E-state index in [1.54, 1.807) is 0 Å². The predicted octanol–water partition coefficient (Wildman–Crippen LogP) is 7.63. The highest BCUT2D eigenvalue weighted by molar-refractivity contribution is 6.84. The van der Waals surface area contributed by atoms with Crippen LogP contribution in [0.5, 0.6) is 0 Å². The summed E-state index contributed by atoms with van der Waals surface area (Å²) >= 11 is 0. The van der Waals surface area contributed by atoms with Crippen molar-refractivity contribution in [3.63, 3.8) is 0 Å². The molecule has 162 valence electrons. The Bertz CT molecular complexity index is 1060. The lowest BCUT2D eigenvalue weighted by Gasteiger charge is -2.10. The van der Waals surface area contributed by atoms with E-state index in [9.17, 15) is 0 Å². The Morgan fingerprint density at radius 2 is 0.688 bits per heavy atom. The van der Waals surface area contributed by atoms with Crippen molar-refractivity contribution in [2.75, 3.05) is 10.6 Å². The summed E-state index contributed by atoms with van der Waals surface area (Å²) in [5.41, 5.74) is 13.1. The van der Waals surface area contributed by atoms with Gasteiger partial charge in [-0.1, -0.05) is 51.1 Å². The monoisotopic (exact) mass is 452 g/mol. The maximum absolute atomic E-state index is 3.45. The Hall–Kier alpha value is -3.19. The quantitative estimate of drug-likeness (QED) is 0.314. The molecule has 2 nitrogen and oxygen atoms in total. The highest BCUT2D eigenvalue weighted by Crippen LogP contribution is 2.22. The molecule has 0 heterocycles. The molecule has 3 rings (SSSR count). The van der Waals surface area contributed by atoms with Gasteiger partial charge in [-0.15, -0.1) is 11.1 Å². The largest absolute Gasteiger partial charge is 0.356 e. The first-order valence-corrected chi connectivity index (χ1v) is 18.0. The van der Waals surface area contributed by atoms with Crippen molar-refractivity contribution in [2.24, 2.45) is 0 Å². The minimum atomic E-state index is -1.35. The van der Waals surface area contributed by atoms with Gasteiger partial charge in [0.15, 0.2) is 0 Å². The lowest BCUT2D eigenvalue weighted by molar-refractivity contribution is 1.51. The molecule has 0 amide bonds. The first-order chi connectivity index (χ1) is 15.1. The molecule has 0 saturated carbocycles. The second-order valence-corrected chi connectivity index (χ2v) is 19.5.